The highest BCUT2D eigenvalue weighted by molar-refractivity contribution is 6.31. The topological polar surface area (TPSA) is 67.2 Å². The smallest absolute Gasteiger partial charge is 0.243 e. The summed E-state index contributed by atoms with van der Waals surface area (Å²) in [4.78, 5) is 32.6. The van der Waals surface area contributed by atoms with E-state index in [1.807, 2.05) is 96.1 Å². The van der Waals surface area contributed by atoms with Crippen LogP contribution in [-0.2, 0) is 35.5 Å². The molecule has 2 amide bonds. The third-order valence-electron chi connectivity index (χ3n) is 6.15. The van der Waals surface area contributed by atoms with E-state index in [4.69, 9.17) is 16.6 Å². The van der Waals surface area contributed by atoms with Gasteiger partial charge in [-0.2, -0.15) is 0 Å². The SMILES string of the molecule is CC(C)N(Cc1ccccc1)C(=O)Cn1c(CCNC(=O)Cc2ccccc2Cl)nc2ccccc21. The molecule has 4 rings (SSSR count). The lowest BCUT2D eigenvalue weighted by molar-refractivity contribution is -0.134. The van der Waals surface area contributed by atoms with Gasteiger partial charge in [0.25, 0.3) is 0 Å². The van der Waals surface area contributed by atoms with Gasteiger partial charge in [-0.05, 0) is 43.2 Å². The second-order valence-electron chi connectivity index (χ2n) is 9.07. The van der Waals surface area contributed by atoms with Crippen molar-refractivity contribution in [3.63, 3.8) is 0 Å². The normalized spacial score (nSPS) is 11.1. The van der Waals surface area contributed by atoms with Crippen LogP contribution in [0.15, 0.2) is 78.9 Å². The molecule has 3 aromatic carbocycles. The Labute approximate surface area is 216 Å². The Bertz CT molecular complexity index is 1330. The highest BCUT2D eigenvalue weighted by Crippen LogP contribution is 2.19. The Hall–Kier alpha value is -3.64. The van der Waals surface area contributed by atoms with E-state index in [-0.39, 0.29) is 30.8 Å². The number of amides is 2. The van der Waals surface area contributed by atoms with Gasteiger partial charge in [0, 0.05) is 30.6 Å². The average Bonchev–Trinajstić information content (AvgIpc) is 3.21. The fourth-order valence-electron chi connectivity index (χ4n) is 4.25. The predicted octanol–water partition coefficient (Wildman–Crippen LogP) is 5.03. The summed E-state index contributed by atoms with van der Waals surface area (Å²) in [6, 6.07) is 25.2. The largest absolute Gasteiger partial charge is 0.355 e. The first kappa shape index (κ1) is 25.5. The minimum atomic E-state index is -0.101. The molecule has 1 N–H and O–H groups in total. The van der Waals surface area contributed by atoms with E-state index >= 15 is 0 Å². The summed E-state index contributed by atoms with van der Waals surface area (Å²) in [7, 11) is 0. The third-order valence-corrected chi connectivity index (χ3v) is 6.51. The molecule has 0 aliphatic carbocycles. The van der Waals surface area contributed by atoms with Gasteiger partial charge in [-0.1, -0.05) is 72.3 Å². The summed E-state index contributed by atoms with van der Waals surface area (Å²) in [5, 5.41) is 3.54. The summed E-state index contributed by atoms with van der Waals surface area (Å²) in [5.74, 6) is 0.697. The monoisotopic (exact) mass is 502 g/mol. The van der Waals surface area contributed by atoms with E-state index in [0.717, 1.165) is 28.0 Å². The molecule has 36 heavy (non-hydrogen) atoms. The zero-order chi connectivity index (χ0) is 25.5. The van der Waals surface area contributed by atoms with E-state index in [1.54, 1.807) is 6.07 Å². The zero-order valence-electron chi connectivity index (χ0n) is 20.7. The summed E-state index contributed by atoms with van der Waals surface area (Å²) in [6.45, 7) is 5.22. The number of imidazole rings is 1. The van der Waals surface area contributed by atoms with Crippen molar-refractivity contribution in [1.29, 1.82) is 0 Å². The number of hydrogen-bond acceptors (Lipinski definition) is 3. The molecule has 0 fully saturated rings. The van der Waals surface area contributed by atoms with Crippen molar-refractivity contribution in [2.45, 2.75) is 45.8 Å². The molecule has 0 bridgehead atoms. The van der Waals surface area contributed by atoms with E-state index in [9.17, 15) is 9.59 Å². The number of halogens is 1. The molecule has 1 heterocycles. The van der Waals surface area contributed by atoms with Gasteiger partial charge >= 0.3 is 0 Å². The maximum absolute atomic E-state index is 13.5. The molecular formula is C29H31ClN4O2. The molecule has 7 heteroatoms. The average molecular weight is 503 g/mol. The van der Waals surface area contributed by atoms with Crippen molar-refractivity contribution in [3.05, 3.63) is 101 Å². The first-order valence-electron chi connectivity index (χ1n) is 12.2. The number of rotatable bonds is 10. The van der Waals surface area contributed by atoms with E-state index in [0.29, 0.717) is 24.5 Å². The lowest BCUT2D eigenvalue weighted by Gasteiger charge is -2.27. The molecule has 0 unspecified atom stereocenters. The number of benzene rings is 3. The van der Waals surface area contributed by atoms with Crippen LogP contribution in [0.5, 0.6) is 0 Å². The number of carbonyl (C=O) groups is 2. The molecule has 0 saturated carbocycles. The Morgan fingerprint density at radius 3 is 2.42 bits per heavy atom. The second-order valence-corrected chi connectivity index (χ2v) is 9.48. The molecule has 6 nitrogen and oxygen atoms in total. The number of hydrogen-bond donors (Lipinski definition) is 1. The molecule has 0 aliphatic heterocycles. The van der Waals surface area contributed by atoms with Crippen molar-refractivity contribution in [2.24, 2.45) is 0 Å². The summed E-state index contributed by atoms with van der Waals surface area (Å²) < 4.78 is 1.97. The van der Waals surface area contributed by atoms with Crippen LogP contribution >= 0.6 is 11.6 Å². The van der Waals surface area contributed by atoms with E-state index in [2.05, 4.69) is 5.32 Å². The van der Waals surface area contributed by atoms with Crippen LogP contribution in [-0.4, -0.2) is 38.9 Å². The summed E-state index contributed by atoms with van der Waals surface area (Å²) in [5.41, 5.74) is 3.63. The molecule has 186 valence electrons. The highest BCUT2D eigenvalue weighted by atomic mass is 35.5. The first-order chi connectivity index (χ1) is 17.4. The van der Waals surface area contributed by atoms with Crippen LogP contribution in [0.2, 0.25) is 5.02 Å². The minimum Gasteiger partial charge on any atom is -0.355 e. The van der Waals surface area contributed by atoms with Crippen molar-refractivity contribution >= 4 is 34.4 Å². The van der Waals surface area contributed by atoms with Crippen molar-refractivity contribution < 1.29 is 9.59 Å². The number of fused-ring (bicyclic) bond motifs is 1. The highest BCUT2D eigenvalue weighted by Gasteiger charge is 2.21. The number of carbonyl (C=O) groups excluding carboxylic acids is 2. The van der Waals surface area contributed by atoms with Gasteiger partial charge in [0.2, 0.25) is 11.8 Å². The summed E-state index contributed by atoms with van der Waals surface area (Å²) >= 11 is 6.18. The summed E-state index contributed by atoms with van der Waals surface area (Å²) in [6.07, 6.45) is 0.730. The van der Waals surface area contributed by atoms with Gasteiger partial charge in [0.05, 0.1) is 17.5 Å². The standard InChI is InChI=1S/C29H31ClN4O2/c1-21(2)33(19-22-10-4-3-5-11-22)29(36)20-34-26-15-9-8-14-25(26)32-27(34)16-17-31-28(35)18-23-12-6-7-13-24(23)30/h3-15,21H,16-20H2,1-2H3,(H,31,35). The molecule has 1 aromatic heterocycles. The molecule has 0 spiro atoms. The number of nitrogens with zero attached hydrogens (tertiary/aromatic N) is 3. The van der Waals surface area contributed by atoms with Crippen LogP contribution in [0.25, 0.3) is 11.0 Å². The second kappa shape index (κ2) is 11.9. The van der Waals surface area contributed by atoms with Crippen molar-refractivity contribution in [3.8, 4) is 0 Å². The third kappa shape index (κ3) is 6.32. The van der Waals surface area contributed by atoms with Crippen molar-refractivity contribution in [2.75, 3.05) is 6.54 Å². The van der Waals surface area contributed by atoms with Crippen LogP contribution in [0, 0.1) is 0 Å². The molecular weight excluding hydrogens is 472 g/mol. The van der Waals surface area contributed by atoms with E-state index in [1.165, 1.54) is 0 Å². The molecule has 0 aliphatic rings. The number of nitrogens with one attached hydrogen (secondary N) is 1. The van der Waals surface area contributed by atoms with Gasteiger partial charge < -0.3 is 14.8 Å². The molecule has 4 aromatic rings. The maximum atomic E-state index is 13.5. The van der Waals surface area contributed by atoms with Gasteiger partial charge in [-0.15, -0.1) is 0 Å². The Kier molecular flexibility index (Phi) is 8.39. The number of aromatic nitrogens is 2. The predicted molar refractivity (Wildman–Crippen MR) is 144 cm³/mol. The Morgan fingerprint density at radius 1 is 0.972 bits per heavy atom. The zero-order valence-corrected chi connectivity index (χ0v) is 21.4. The van der Waals surface area contributed by atoms with Crippen LogP contribution in [0.4, 0.5) is 0 Å². The lowest BCUT2D eigenvalue weighted by Crippen LogP contribution is -2.39. The van der Waals surface area contributed by atoms with Gasteiger partial charge in [-0.25, -0.2) is 4.98 Å². The van der Waals surface area contributed by atoms with E-state index < -0.39 is 0 Å². The molecule has 0 saturated heterocycles. The van der Waals surface area contributed by atoms with Gasteiger partial charge in [0.1, 0.15) is 12.4 Å². The van der Waals surface area contributed by atoms with Gasteiger partial charge in [-0.3, -0.25) is 9.59 Å². The number of para-hydroxylation sites is 2. The van der Waals surface area contributed by atoms with Gasteiger partial charge in [0.15, 0.2) is 0 Å². The van der Waals surface area contributed by atoms with Crippen LogP contribution in [0.1, 0.15) is 30.8 Å². The quantitative estimate of drug-likeness (QED) is 0.331. The fraction of sp³-hybridized carbons (Fsp3) is 0.276. The Balaban J connectivity index is 1.46. The molecule has 0 atom stereocenters. The maximum Gasteiger partial charge on any atom is 0.243 e. The van der Waals surface area contributed by atoms with Crippen molar-refractivity contribution in [1.82, 2.24) is 19.8 Å². The molecule has 0 radical (unpaired) electrons. The van der Waals surface area contributed by atoms with Crippen LogP contribution in [0.3, 0.4) is 0 Å². The Morgan fingerprint density at radius 2 is 1.67 bits per heavy atom. The fourth-order valence-corrected chi connectivity index (χ4v) is 4.45. The van der Waals surface area contributed by atoms with Crippen LogP contribution < -0.4 is 5.32 Å². The lowest BCUT2D eigenvalue weighted by atomic mass is 10.1. The first-order valence-corrected chi connectivity index (χ1v) is 12.6. The minimum absolute atomic E-state index is 0.0287.